The number of nitrogens with zero attached hydrogens (tertiary/aromatic N) is 1. The van der Waals surface area contributed by atoms with Crippen LogP contribution in [-0.2, 0) is 6.42 Å². The van der Waals surface area contributed by atoms with Crippen molar-refractivity contribution < 1.29 is 4.39 Å². The first-order chi connectivity index (χ1) is 8.08. The zero-order valence-corrected chi connectivity index (χ0v) is 10.8. The molecule has 0 atom stereocenters. The van der Waals surface area contributed by atoms with Crippen LogP contribution in [0.5, 0.6) is 0 Å². The average Bonchev–Trinajstić information content (AvgIpc) is 2.73. The van der Waals surface area contributed by atoms with E-state index >= 15 is 0 Å². The summed E-state index contributed by atoms with van der Waals surface area (Å²) in [5, 5.41) is 0.175. The second-order valence-corrected chi connectivity index (χ2v) is 4.95. The quantitative estimate of drug-likeness (QED) is 0.755. The Bertz CT molecular complexity index is 489. The molecule has 0 aliphatic carbocycles. The number of hydrogen-bond donors (Lipinski definition) is 0. The molecule has 1 aromatic rings. The summed E-state index contributed by atoms with van der Waals surface area (Å²) in [6.07, 6.45) is 3.47. The predicted molar refractivity (Wildman–Crippen MR) is 70.1 cm³/mol. The Morgan fingerprint density at radius 2 is 2.18 bits per heavy atom. The summed E-state index contributed by atoms with van der Waals surface area (Å²) in [7, 11) is 0. The van der Waals surface area contributed by atoms with E-state index in [0.29, 0.717) is 17.9 Å². The fourth-order valence-electron chi connectivity index (χ4n) is 1.85. The van der Waals surface area contributed by atoms with E-state index in [4.69, 9.17) is 11.6 Å². The van der Waals surface area contributed by atoms with Crippen LogP contribution in [0, 0.1) is 11.7 Å². The van der Waals surface area contributed by atoms with Crippen LogP contribution in [0.1, 0.15) is 25.8 Å². The molecule has 0 bridgehead atoms. The van der Waals surface area contributed by atoms with Crippen molar-refractivity contribution in [2.24, 2.45) is 10.9 Å². The fourth-order valence-corrected chi connectivity index (χ4v) is 2.05. The Morgan fingerprint density at radius 3 is 2.82 bits per heavy atom. The molecule has 17 heavy (non-hydrogen) atoms. The molecule has 0 radical (unpaired) electrons. The minimum atomic E-state index is -0.330. The van der Waals surface area contributed by atoms with Gasteiger partial charge >= 0.3 is 0 Å². The normalized spacial score (nSPS) is 15.1. The van der Waals surface area contributed by atoms with E-state index in [9.17, 15) is 4.39 Å². The molecule has 0 spiro atoms. The molecule has 0 unspecified atom stereocenters. The lowest BCUT2D eigenvalue weighted by atomic mass is 10.1. The van der Waals surface area contributed by atoms with Gasteiger partial charge in [-0.3, -0.25) is 4.99 Å². The van der Waals surface area contributed by atoms with Crippen molar-refractivity contribution in [1.29, 1.82) is 0 Å². The molecule has 1 heterocycles. The molecular weight excluding hydrogens is 237 g/mol. The van der Waals surface area contributed by atoms with Gasteiger partial charge in [-0.25, -0.2) is 4.39 Å². The van der Waals surface area contributed by atoms with Crippen molar-refractivity contribution >= 4 is 17.3 Å². The minimum Gasteiger partial charge on any atom is -0.262 e. The first kappa shape index (κ1) is 12.3. The first-order valence-corrected chi connectivity index (χ1v) is 6.15. The van der Waals surface area contributed by atoms with Crippen LogP contribution in [0.15, 0.2) is 35.0 Å². The van der Waals surface area contributed by atoms with Gasteiger partial charge in [-0.05, 0) is 17.5 Å². The Balaban J connectivity index is 2.15. The minimum absolute atomic E-state index is 0.175. The van der Waals surface area contributed by atoms with E-state index in [1.54, 1.807) is 18.2 Å². The lowest BCUT2D eigenvalue weighted by Gasteiger charge is -2.04. The molecule has 0 saturated heterocycles. The van der Waals surface area contributed by atoms with Crippen LogP contribution in [0.4, 0.5) is 4.39 Å². The zero-order valence-electron chi connectivity index (χ0n) is 10.0. The van der Waals surface area contributed by atoms with Gasteiger partial charge in [0, 0.05) is 24.3 Å². The maximum atomic E-state index is 13.7. The smallest absolute Gasteiger partial charge is 0.145 e. The molecule has 2 rings (SSSR count). The van der Waals surface area contributed by atoms with Crippen molar-refractivity contribution in [1.82, 2.24) is 0 Å². The Morgan fingerprint density at radius 1 is 1.41 bits per heavy atom. The highest BCUT2D eigenvalue weighted by molar-refractivity contribution is 6.30. The number of allylic oxidation sites excluding steroid dienone is 2. The molecule has 0 fully saturated rings. The molecule has 1 aliphatic heterocycles. The SMILES string of the molecule is CC(C)C1=NC(Cc2cccc(Cl)c2F)=CC1. The molecule has 1 nitrogen and oxygen atoms in total. The third kappa shape index (κ3) is 2.75. The van der Waals surface area contributed by atoms with Crippen LogP contribution in [0.3, 0.4) is 0 Å². The van der Waals surface area contributed by atoms with Crippen molar-refractivity contribution in [2.75, 3.05) is 0 Å². The summed E-state index contributed by atoms with van der Waals surface area (Å²) in [4.78, 5) is 4.52. The zero-order chi connectivity index (χ0) is 12.4. The number of halogens is 2. The van der Waals surface area contributed by atoms with Crippen molar-refractivity contribution in [3.63, 3.8) is 0 Å². The van der Waals surface area contributed by atoms with Crippen molar-refractivity contribution in [3.8, 4) is 0 Å². The van der Waals surface area contributed by atoms with Gasteiger partial charge in [0.05, 0.1) is 5.02 Å². The van der Waals surface area contributed by atoms with Gasteiger partial charge < -0.3 is 0 Å². The number of aliphatic imine (C=N–C) groups is 1. The molecule has 90 valence electrons. The third-order valence-electron chi connectivity index (χ3n) is 2.90. The maximum absolute atomic E-state index is 13.7. The van der Waals surface area contributed by atoms with Crippen LogP contribution >= 0.6 is 11.6 Å². The Kier molecular flexibility index (Phi) is 3.63. The van der Waals surface area contributed by atoms with E-state index in [0.717, 1.165) is 12.1 Å². The maximum Gasteiger partial charge on any atom is 0.145 e. The topological polar surface area (TPSA) is 12.4 Å². The van der Waals surface area contributed by atoms with Gasteiger partial charge in [0.1, 0.15) is 5.82 Å². The Hall–Kier alpha value is -1.15. The highest BCUT2D eigenvalue weighted by atomic mass is 35.5. The monoisotopic (exact) mass is 251 g/mol. The standard InChI is InChI=1S/C14H15ClFN/c1-9(2)13-7-6-11(17-13)8-10-4-3-5-12(15)14(10)16/h3-6,9H,7-8H2,1-2H3. The van der Waals surface area contributed by atoms with Crippen LogP contribution in [0.2, 0.25) is 5.02 Å². The van der Waals surface area contributed by atoms with Gasteiger partial charge in [-0.15, -0.1) is 0 Å². The summed E-state index contributed by atoms with van der Waals surface area (Å²) in [5.74, 6) is 0.122. The molecular formula is C14H15ClFN. The molecule has 3 heteroatoms. The van der Waals surface area contributed by atoms with E-state index in [-0.39, 0.29) is 10.8 Å². The summed E-state index contributed by atoms with van der Waals surface area (Å²) < 4.78 is 13.7. The van der Waals surface area contributed by atoms with Crippen molar-refractivity contribution in [3.05, 3.63) is 46.4 Å². The summed E-state index contributed by atoms with van der Waals surface area (Å²) in [6.45, 7) is 4.24. The lowest BCUT2D eigenvalue weighted by Crippen LogP contribution is -2.02. The van der Waals surface area contributed by atoms with Crippen LogP contribution < -0.4 is 0 Å². The summed E-state index contributed by atoms with van der Waals surface area (Å²) in [5.41, 5.74) is 2.72. The number of benzene rings is 1. The van der Waals surface area contributed by atoms with Gasteiger partial charge in [0.2, 0.25) is 0 Å². The highest BCUT2D eigenvalue weighted by Gasteiger charge is 2.14. The van der Waals surface area contributed by atoms with Crippen LogP contribution in [-0.4, -0.2) is 5.71 Å². The highest BCUT2D eigenvalue weighted by Crippen LogP contribution is 2.24. The first-order valence-electron chi connectivity index (χ1n) is 5.77. The van der Waals surface area contributed by atoms with Crippen LogP contribution in [0.25, 0.3) is 0 Å². The van der Waals surface area contributed by atoms with Gasteiger partial charge in [-0.1, -0.05) is 43.7 Å². The lowest BCUT2D eigenvalue weighted by molar-refractivity contribution is 0.613. The Labute approximate surface area is 106 Å². The average molecular weight is 252 g/mol. The molecule has 0 N–H and O–H groups in total. The number of rotatable bonds is 3. The largest absolute Gasteiger partial charge is 0.262 e. The molecule has 1 aromatic carbocycles. The second-order valence-electron chi connectivity index (χ2n) is 4.55. The second kappa shape index (κ2) is 5.01. The summed E-state index contributed by atoms with van der Waals surface area (Å²) in [6, 6.07) is 5.08. The van der Waals surface area contributed by atoms with E-state index in [1.165, 1.54) is 5.71 Å². The van der Waals surface area contributed by atoms with E-state index in [1.807, 2.05) is 0 Å². The van der Waals surface area contributed by atoms with Crippen molar-refractivity contribution in [2.45, 2.75) is 26.7 Å². The molecule has 0 amide bonds. The van der Waals surface area contributed by atoms with Gasteiger partial charge in [0.25, 0.3) is 0 Å². The molecule has 1 aliphatic rings. The fraction of sp³-hybridized carbons (Fsp3) is 0.357. The third-order valence-corrected chi connectivity index (χ3v) is 3.20. The molecule has 0 aromatic heterocycles. The summed E-state index contributed by atoms with van der Waals surface area (Å²) >= 11 is 5.75. The molecule has 0 saturated carbocycles. The van der Waals surface area contributed by atoms with E-state index < -0.39 is 0 Å². The van der Waals surface area contributed by atoms with Gasteiger partial charge in [0.15, 0.2) is 0 Å². The van der Waals surface area contributed by atoms with E-state index in [2.05, 4.69) is 24.9 Å². The van der Waals surface area contributed by atoms with Gasteiger partial charge in [-0.2, -0.15) is 0 Å². The number of hydrogen-bond acceptors (Lipinski definition) is 1. The predicted octanol–water partition coefficient (Wildman–Crippen LogP) is 4.41.